The lowest BCUT2D eigenvalue weighted by Gasteiger charge is -1.99. The molecule has 1 aliphatic heterocycles. The van der Waals surface area contributed by atoms with E-state index in [1.807, 2.05) is 6.08 Å². The van der Waals surface area contributed by atoms with E-state index in [0.29, 0.717) is 25.3 Å². The Balaban J connectivity index is 2.40. The Kier molecular flexibility index (Phi) is 2.45. The Morgan fingerprint density at radius 3 is 3.10 bits per heavy atom. The van der Waals surface area contributed by atoms with E-state index in [1.165, 1.54) is 0 Å². The zero-order valence-corrected chi connectivity index (χ0v) is 5.80. The molecule has 0 aliphatic carbocycles. The van der Waals surface area contributed by atoms with Crippen molar-refractivity contribution < 1.29 is 9.53 Å². The van der Waals surface area contributed by atoms with E-state index in [2.05, 4.69) is 0 Å². The monoisotopic (exact) mass is 141 g/mol. The second kappa shape index (κ2) is 3.37. The van der Waals surface area contributed by atoms with Gasteiger partial charge in [-0.05, 0) is 12.6 Å². The fraction of sp³-hybridized carbons (Fsp3) is 0.571. The maximum absolute atomic E-state index is 11.0. The van der Waals surface area contributed by atoms with E-state index in [0.717, 1.165) is 6.42 Å². The smallest absolute Gasteiger partial charge is 0.198 e. The van der Waals surface area contributed by atoms with Crippen molar-refractivity contribution in [3.05, 3.63) is 11.8 Å². The van der Waals surface area contributed by atoms with Crippen molar-refractivity contribution in [3.63, 3.8) is 0 Å². The summed E-state index contributed by atoms with van der Waals surface area (Å²) >= 11 is 0. The minimum atomic E-state index is 0.0278. The molecule has 0 aromatic rings. The number of rotatable bonds is 3. The van der Waals surface area contributed by atoms with Gasteiger partial charge in [-0.25, -0.2) is 0 Å². The van der Waals surface area contributed by atoms with Crippen LogP contribution in [0.2, 0.25) is 0 Å². The molecule has 0 amide bonds. The maximum atomic E-state index is 11.0. The average Bonchev–Trinajstić information content (AvgIpc) is 2.38. The van der Waals surface area contributed by atoms with Gasteiger partial charge in [0.25, 0.3) is 0 Å². The zero-order chi connectivity index (χ0) is 7.40. The minimum Gasteiger partial charge on any atom is -0.490 e. The number of Topliss-reactive ketones (excluding diaryl/α,β-unsaturated/α-hetero) is 1. The number of hydrogen-bond donors (Lipinski definition) is 1. The molecule has 10 heavy (non-hydrogen) atoms. The summed E-state index contributed by atoms with van der Waals surface area (Å²) in [6.07, 6.45) is 3.06. The summed E-state index contributed by atoms with van der Waals surface area (Å²) < 4.78 is 5.02. The Morgan fingerprint density at radius 2 is 2.60 bits per heavy atom. The molecule has 3 nitrogen and oxygen atoms in total. The molecule has 0 saturated heterocycles. The first-order valence-electron chi connectivity index (χ1n) is 3.41. The van der Waals surface area contributed by atoms with Crippen LogP contribution in [0.15, 0.2) is 11.8 Å². The fourth-order valence-corrected chi connectivity index (χ4v) is 0.866. The molecule has 2 N–H and O–H groups in total. The summed E-state index contributed by atoms with van der Waals surface area (Å²) in [5, 5.41) is 0. The Labute approximate surface area is 59.8 Å². The summed E-state index contributed by atoms with van der Waals surface area (Å²) in [4.78, 5) is 11.0. The van der Waals surface area contributed by atoms with Crippen molar-refractivity contribution in [2.24, 2.45) is 5.73 Å². The third-order valence-corrected chi connectivity index (χ3v) is 1.35. The van der Waals surface area contributed by atoms with E-state index in [-0.39, 0.29) is 5.78 Å². The van der Waals surface area contributed by atoms with Crippen LogP contribution in [-0.4, -0.2) is 18.9 Å². The van der Waals surface area contributed by atoms with Gasteiger partial charge in [0, 0.05) is 12.8 Å². The van der Waals surface area contributed by atoms with Gasteiger partial charge >= 0.3 is 0 Å². The molecular weight excluding hydrogens is 130 g/mol. The van der Waals surface area contributed by atoms with E-state index in [9.17, 15) is 4.79 Å². The number of ketones is 1. The van der Waals surface area contributed by atoms with Gasteiger partial charge in [0.1, 0.15) is 0 Å². The van der Waals surface area contributed by atoms with Crippen LogP contribution in [0, 0.1) is 0 Å². The van der Waals surface area contributed by atoms with Gasteiger partial charge in [-0.1, -0.05) is 0 Å². The van der Waals surface area contributed by atoms with Crippen LogP contribution in [0.3, 0.4) is 0 Å². The first kappa shape index (κ1) is 7.28. The Hall–Kier alpha value is -0.830. The third-order valence-electron chi connectivity index (χ3n) is 1.35. The van der Waals surface area contributed by atoms with Gasteiger partial charge in [-0.15, -0.1) is 0 Å². The second-order valence-corrected chi connectivity index (χ2v) is 2.17. The topological polar surface area (TPSA) is 52.3 Å². The first-order chi connectivity index (χ1) is 4.84. The first-order valence-corrected chi connectivity index (χ1v) is 3.41. The van der Waals surface area contributed by atoms with Crippen LogP contribution in [0.5, 0.6) is 0 Å². The molecule has 0 aromatic carbocycles. The molecule has 3 heteroatoms. The predicted molar refractivity (Wildman–Crippen MR) is 37.3 cm³/mol. The molecule has 0 bridgehead atoms. The molecule has 0 radical (unpaired) electrons. The molecule has 0 atom stereocenters. The molecule has 0 unspecified atom stereocenters. The number of nitrogens with two attached hydrogens (primary N) is 1. The molecule has 1 aliphatic rings. The summed E-state index contributed by atoms with van der Waals surface area (Å²) in [5.41, 5.74) is 5.19. The molecule has 0 saturated carbocycles. The van der Waals surface area contributed by atoms with Crippen LogP contribution in [0.1, 0.15) is 12.8 Å². The number of allylic oxidation sites excluding steroid dienone is 1. The van der Waals surface area contributed by atoms with Crippen LogP contribution in [0.4, 0.5) is 0 Å². The van der Waals surface area contributed by atoms with Crippen molar-refractivity contribution in [1.82, 2.24) is 0 Å². The largest absolute Gasteiger partial charge is 0.490 e. The lowest BCUT2D eigenvalue weighted by Crippen LogP contribution is -2.10. The quantitative estimate of drug-likeness (QED) is 0.611. The van der Waals surface area contributed by atoms with Crippen molar-refractivity contribution in [1.29, 1.82) is 0 Å². The lowest BCUT2D eigenvalue weighted by atomic mass is 10.2. The van der Waals surface area contributed by atoms with Crippen molar-refractivity contribution in [2.45, 2.75) is 12.8 Å². The Morgan fingerprint density at radius 1 is 1.80 bits per heavy atom. The van der Waals surface area contributed by atoms with Gasteiger partial charge in [0.2, 0.25) is 0 Å². The number of carbonyl (C=O) groups is 1. The van der Waals surface area contributed by atoms with Crippen LogP contribution in [0.25, 0.3) is 0 Å². The highest BCUT2D eigenvalue weighted by Crippen LogP contribution is 2.10. The lowest BCUT2D eigenvalue weighted by molar-refractivity contribution is -0.118. The van der Waals surface area contributed by atoms with Crippen molar-refractivity contribution >= 4 is 5.78 Å². The summed E-state index contributed by atoms with van der Waals surface area (Å²) in [7, 11) is 0. The molecule has 1 heterocycles. The third kappa shape index (κ3) is 1.57. The number of carbonyl (C=O) groups excluding carboxylic acids is 1. The van der Waals surface area contributed by atoms with Gasteiger partial charge in [0.05, 0.1) is 6.61 Å². The molecule has 0 fully saturated rings. The number of ether oxygens (including phenoxy) is 1. The standard InChI is InChI=1S/C7H11NO2/c8-4-3-6(9)7-2-1-5-10-7/h2H,1,3-5,8H2. The molecule has 0 spiro atoms. The summed E-state index contributed by atoms with van der Waals surface area (Å²) in [6.45, 7) is 1.05. The number of hydrogen-bond acceptors (Lipinski definition) is 3. The van der Waals surface area contributed by atoms with Crippen molar-refractivity contribution in [2.75, 3.05) is 13.2 Å². The maximum Gasteiger partial charge on any atom is 0.198 e. The minimum absolute atomic E-state index is 0.0278. The van der Waals surface area contributed by atoms with E-state index in [4.69, 9.17) is 10.5 Å². The normalized spacial score (nSPS) is 16.3. The van der Waals surface area contributed by atoms with E-state index < -0.39 is 0 Å². The highest BCUT2D eigenvalue weighted by molar-refractivity contribution is 5.93. The predicted octanol–water partition coefficient (Wildman–Crippen LogP) is 0.209. The molecular formula is C7H11NO2. The summed E-state index contributed by atoms with van der Waals surface area (Å²) in [6, 6.07) is 0. The van der Waals surface area contributed by atoms with Crippen LogP contribution < -0.4 is 5.73 Å². The molecule has 1 rings (SSSR count). The van der Waals surface area contributed by atoms with Crippen molar-refractivity contribution in [3.8, 4) is 0 Å². The van der Waals surface area contributed by atoms with Gasteiger partial charge in [-0.3, -0.25) is 4.79 Å². The average molecular weight is 141 g/mol. The Bertz CT molecular complexity index is 163. The van der Waals surface area contributed by atoms with Gasteiger partial charge in [0.15, 0.2) is 11.5 Å². The highest BCUT2D eigenvalue weighted by Gasteiger charge is 2.12. The van der Waals surface area contributed by atoms with E-state index >= 15 is 0 Å². The highest BCUT2D eigenvalue weighted by atomic mass is 16.5. The van der Waals surface area contributed by atoms with Gasteiger partial charge < -0.3 is 10.5 Å². The second-order valence-electron chi connectivity index (χ2n) is 2.17. The fourth-order valence-electron chi connectivity index (χ4n) is 0.866. The SMILES string of the molecule is NCCC(=O)C1=CCCO1. The van der Waals surface area contributed by atoms with E-state index in [1.54, 1.807) is 0 Å². The molecule has 56 valence electrons. The molecule has 0 aromatic heterocycles. The van der Waals surface area contributed by atoms with Crippen LogP contribution >= 0.6 is 0 Å². The van der Waals surface area contributed by atoms with Gasteiger partial charge in [-0.2, -0.15) is 0 Å². The van der Waals surface area contributed by atoms with Crippen LogP contribution in [-0.2, 0) is 9.53 Å². The zero-order valence-electron chi connectivity index (χ0n) is 5.80. The summed E-state index contributed by atoms with van der Waals surface area (Å²) in [5.74, 6) is 0.533.